The maximum atomic E-state index is 11.9. The van der Waals surface area contributed by atoms with E-state index in [1.165, 1.54) is 0 Å². The van der Waals surface area contributed by atoms with E-state index >= 15 is 0 Å². The van der Waals surface area contributed by atoms with E-state index in [4.69, 9.17) is 9.47 Å². The second-order valence-corrected chi connectivity index (χ2v) is 4.70. The summed E-state index contributed by atoms with van der Waals surface area (Å²) in [7, 11) is 1.66. The predicted molar refractivity (Wildman–Crippen MR) is 72.1 cm³/mol. The lowest BCUT2D eigenvalue weighted by atomic mass is 9.90. The minimum absolute atomic E-state index is 0.0857. The summed E-state index contributed by atoms with van der Waals surface area (Å²) >= 11 is 4.06. The first kappa shape index (κ1) is 13.4. The summed E-state index contributed by atoms with van der Waals surface area (Å²) in [6.45, 7) is 1.63. The molecular formula is C13H17NO3S. The maximum Gasteiger partial charge on any atom is 0.251 e. The van der Waals surface area contributed by atoms with Crippen molar-refractivity contribution in [3.05, 3.63) is 35.4 Å². The Morgan fingerprint density at radius 1 is 1.56 bits per heavy atom. The summed E-state index contributed by atoms with van der Waals surface area (Å²) < 4.78 is 10.7. The number of nitrogens with one attached hydrogen (secondary N) is 1. The average molecular weight is 267 g/mol. The molecule has 0 radical (unpaired) electrons. The first-order valence-electron chi connectivity index (χ1n) is 5.84. The normalized spacial score (nSPS) is 17.0. The van der Waals surface area contributed by atoms with Gasteiger partial charge in [-0.25, -0.2) is 0 Å². The van der Waals surface area contributed by atoms with Crippen LogP contribution in [0.15, 0.2) is 24.3 Å². The Morgan fingerprint density at radius 3 is 2.89 bits per heavy atom. The van der Waals surface area contributed by atoms with Gasteiger partial charge in [-0.2, -0.15) is 12.6 Å². The molecule has 0 spiro atoms. The largest absolute Gasteiger partial charge is 0.375 e. The lowest BCUT2D eigenvalue weighted by molar-refractivity contribution is -0.202. The summed E-state index contributed by atoms with van der Waals surface area (Å²) in [5, 5.41) is 2.79. The van der Waals surface area contributed by atoms with Crippen molar-refractivity contribution in [3.8, 4) is 0 Å². The second kappa shape index (κ2) is 5.73. The van der Waals surface area contributed by atoms with Gasteiger partial charge < -0.3 is 14.8 Å². The van der Waals surface area contributed by atoms with Crippen molar-refractivity contribution in [2.45, 2.75) is 5.60 Å². The molecule has 0 atom stereocenters. The fourth-order valence-corrected chi connectivity index (χ4v) is 2.02. The molecule has 1 saturated heterocycles. The molecule has 2 rings (SSSR count). The molecule has 0 unspecified atom stereocenters. The van der Waals surface area contributed by atoms with Gasteiger partial charge in [-0.3, -0.25) is 4.79 Å². The Balaban J connectivity index is 2.17. The van der Waals surface area contributed by atoms with Crippen LogP contribution >= 0.6 is 12.6 Å². The minimum Gasteiger partial charge on any atom is -0.375 e. The highest BCUT2D eigenvalue weighted by atomic mass is 32.1. The van der Waals surface area contributed by atoms with Crippen molar-refractivity contribution < 1.29 is 14.3 Å². The number of thiol groups is 1. The number of carbonyl (C=O) groups is 1. The molecule has 1 heterocycles. The molecule has 1 fully saturated rings. The van der Waals surface area contributed by atoms with E-state index in [9.17, 15) is 4.79 Å². The van der Waals surface area contributed by atoms with Crippen molar-refractivity contribution in [2.75, 3.05) is 32.6 Å². The number of hydrogen-bond donors (Lipinski definition) is 2. The Labute approximate surface area is 112 Å². The molecule has 1 aliphatic heterocycles. The van der Waals surface area contributed by atoms with Gasteiger partial charge >= 0.3 is 0 Å². The van der Waals surface area contributed by atoms with Crippen LogP contribution in [0.4, 0.5) is 0 Å². The van der Waals surface area contributed by atoms with Crippen LogP contribution in [0.25, 0.3) is 0 Å². The van der Waals surface area contributed by atoms with Crippen molar-refractivity contribution in [1.82, 2.24) is 5.32 Å². The Morgan fingerprint density at radius 2 is 2.33 bits per heavy atom. The monoisotopic (exact) mass is 267 g/mol. The van der Waals surface area contributed by atoms with Crippen molar-refractivity contribution in [2.24, 2.45) is 0 Å². The number of hydrogen-bond acceptors (Lipinski definition) is 4. The third kappa shape index (κ3) is 2.53. The molecule has 18 heavy (non-hydrogen) atoms. The van der Waals surface area contributed by atoms with Gasteiger partial charge in [0.2, 0.25) is 0 Å². The molecule has 0 aliphatic carbocycles. The van der Waals surface area contributed by atoms with Gasteiger partial charge in [-0.15, -0.1) is 0 Å². The minimum atomic E-state index is -0.389. The van der Waals surface area contributed by atoms with E-state index in [2.05, 4.69) is 17.9 Å². The van der Waals surface area contributed by atoms with E-state index in [1.807, 2.05) is 18.2 Å². The number of rotatable bonds is 5. The van der Waals surface area contributed by atoms with E-state index < -0.39 is 0 Å². The van der Waals surface area contributed by atoms with Crippen LogP contribution in [0.3, 0.4) is 0 Å². The highest BCUT2D eigenvalue weighted by Gasteiger charge is 2.40. The van der Waals surface area contributed by atoms with Gasteiger partial charge in [0, 0.05) is 25.0 Å². The standard InChI is InChI=1S/C13H17NO3S/c1-16-13(8-17-9-13)11-4-2-3-10(7-11)12(15)14-5-6-18/h2-4,7,18H,5-6,8-9H2,1H3,(H,14,15). The smallest absolute Gasteiger partial charge is 0.251 e. The third-order valence-electron chi connectivity index (χ3n) is 3.11. The topological polar surface area (TPSA) is 47.6 Å². The molecular weight excluding hydrogens is 250 g/mol. The van der Waals surface area contributed by atoms with Crippen LogP contribution in [-0.2, 0) is 15.1 Å². The SMILES string of the molecule is COC1(c2cccc(C(=O)NCCS)c2)COC1. The molecule has 0 aromatic heterocycles. The van der Waals surface area contributed by atoms with Crippen LogP contribution in [0.5, 0.6) is 0 Å². The zero-order valence-electron chi connectivity index (χ0n) is 10.3. The molecule has 5 heteroatoms. The lowest BCUT2D eigenvalue weighted by Crippen LogP contribution is -2.48. The van der Waals surface area contributed by atoms with Gasteiger partial charge in [-0.05, 0) is 17.7 Å². The summed E-state index contributed by atoms with van der Waals surface area (Å²) in [5.41, 5.74) is 1.23. The van der Waals surface area contributed by atoms with Crippen molar-refractivity contribution >= 4 is 18.5 Å². The summed E-state index contributed by atoms with van der Waals surface area (Å²) in [6, 6.07) is 7.48. The zero-order chi connectivity index (χ0) is 13.0. The Bertz CT molecular complexity index is 426. The average Bonchev–Trinajstić information content (AvgIpc) is 2.36. The van der Waals surface area contributed by atoms with E-state index in [0.717, 1.165) is 5.56 Å². The Kier molecular flexibility index (Phi) is 4.27. The molecule has 1 aromatic carbocycles. The second-order valence-electron chi connectivity index (χ2n) is 4.25. The van der Waals surface area contributed by atoms with E-state index in [-0.39, 0.29) is 11.5 Å². The molecule has 98 valence electrons. The molecule has 0 saturated carbocycles. The summed E-state index contributed by atoms with van der Waals surface area (Å²) in [5.74, 6) is 0.541. The van der Waals surface area contributed by atoms with Crippen molar-refractivity contribution in [3.63, 3.8) is 0 Å². The van der Waals surface area contributed by atoms with E-state index in [0.29, 0.717) is 31.1 Å². The first-order valence-corrected chi connectivity index (χ1v) is 6.47. The maximum absolute atomic E-state index is 11.9. The number of amides is 1. The molecule has 1 N–H and O–H groups in total. The molecule has 1 amide bonds. The van der Waals surface area contributed by atoms with E-state index in [1.54, 1.807) is 13.2 Å². The number of carbonyl (C=O) groups excluding carboxylic acids is 1. The lowest BCUT2D eigenvalue weighted by Gasteiger charge is -2.40. The Hall–Kier alpha value is -1.04. The van der Waals surface area contributed by atoms with Gasteiger partial charge in [0.1, 0.15) is 5.60 Å². The fourth-order valence-electron chi connectivity index (χ4n) is 1.91. The van der Waals surface area contributed by atoms with Gasteiger partial charge in [0.25, 0.3) is 5.91 Å². The fraction of sp³-hybridized carbons (Fsp3) is 0.462. The predicted octanol–water partition coefficient (Wildman–Crippen LogP) is 1.22. The quantitative estimate of drug-likeness (QED) is 0.789. The highest BCUT2D eigenvalue weighted by Crippen LogP contribution is 2.33. The van der Waals surface area contributed by atoms with Gasteiger partial charge in [-0.1, -0.05) is 12.1 Å². The van der Waals surface area contributed by atoms with Crippen molar-refractivity contribution in [1.29, 1.82) is 0 Å². The van der Waals surface area contributed by atoms with Crippen LogP contribution in [0.1, 0.15) is 15.9 Å². The molecule has 0 bridgehead atoms. The summed E-state index contributed by atoms with van der Waals surface area (Å²) in [4.78, 5) is 11.9. The van der Waals surface area contributed by atoms with Gasteiger partial charge in [0.15, 0.2) is 0 Å². The van der Waals surface area contributed by atoms with Crippen LogP contribution in [0.2, 0.25) is 0 Å². The zero-order valence-corrected chi connectivity index (χ0v) is 11.2. The van der Waals surface area contributed by atoms with Crippen LogP contribution < -0.4 is 5.32 Å². The molecule has 4 nitrogen and oxygen atoms in total. The summed E-state index contributed by atoms with van der Waals surface area (Å²) in [6.07, 6.45) is 0. The first-order chi connectivity index (χ1) is 8.72. The third-order valence-corrected chi connectivity index (χ3v) is 3.33. The van der Waals surface area contributed by atoms with Gasteiger partial charge in [0.05, 0.1) is 13.2 Å². The molecule has 1 aromatic rings. The number of methoxy groups -OCH3 is 1. The van der Waals surface area contributed by atoms with Crippen LogP contribution in [-0.4, -0.2) is 38.5 Å². The number of ether oxygens (including phenoxy) is 2. The van der Waals surface area contributed by atoms with Crippen LogP contribution in [0, 0.1) is 0 Å². The number of benzene rings is 1. The molecule has 1 aliphatic rings. The highest BCUT2D eigenvalue weighted by molar-refractivity contribution is 7.80.